The number of benzene rings is 1. The van der Waals surface area contributed by atoms with Gasteiger partial charge in [0.05, 0.1) is 18.1 Å². The molecule has 1 aliphatic carbocycles. The van der Waals surface area contributed by atoms with Crippen molar-refractivity contribution in [2.24, 2.45) is 5.92 Å². The van der Waals surface area contributed by atoms with Gasteiger partial charge >= 0.3 is 5.97 Å². The molecule has 1 aromatic carbocycles. The second-order valence-electron chi connectivity index (χ2n) is 5.07. The van der Waals surface area contributed by atoms with Gasteiger partial charge in [-0.15, -0.1) is 23.2 Å². The SMILES string of the molecule is CCCCOC(=O)c1ccc(NC(=O)[C@@H]2CC2(Cl)Cl)cc1. The molecule has 0 aliphatic heterocycles. The van der Waals surface area contributed by atoms with Crippen molar-refractivity contribution in [2.45, 2.75) is 30.5 Å². The van der Waals surface area contributed by atoms with E-state index >= 15 is 0 Å². The zero-order valence-corrected chi connectivity index (χ0v) is 13.2. The number of esters is 1. The highest BCUT2D eigenvalue weighted by Gasteiger charge is 2.56. The molecule has 0 spiro atoms. The number of anilines is 1. The molecular formula is C15H17Cl2NO3. The normalized spacial score (nSPS) is 18.9. The first-order valence-corrected chi connectivity index (χ1v) is 7.65. The third-order valence-electron chi connectivity index (χ3n) is 3.26. The minimum atomic E-state index is -0.937. The Balaban J connectivity index is 1.87. The van der Waals surface area contributed by atoms with E-state index < -0.39 is 4.33 Å². The smallest absolute Gasteiger partial charge is 0.338 e. The van der Waals surface area contributed by atoms with E-state index in [9.17, 15) is 9.59 Å². The highest BCUT2D eigenvalue weighted by Crippen LogP contribution is 2.53. The molecule has 1 atom stereocenters. The Morgan fingerprint density at radius 2 is 1.95 bits per heavy atom. The average molecular weight is 330 g/mol. The Labute approximate surface area is 133 Å². The molecule has 1 aliphatic rings. The summed E-state index contributed by atoms with van der Waals surface area (Å²) in [5.74, 6) is -0.943. The first kappa shape index (κ1) is 16.1. The molecule has 4 nitrogen and oxygen atoms in total. The van der Waals surface area contributed by atoms with Gasteiger partial charge in [-0.25, -0.2) is 4.79 Å². The molecule has 1 N–H and O–H groups in total. The quantitative estimate of drug-likeness (QED) is 0.491. The van der Waals surface area contributed by atoms with Gasteiger partial charge in [-0.2, -0.15) is 0 Å². The number of unbranched alkanes of at least 4 members (excludes halogenated alkanes) is 1. The van der Waals surface area contributed by atoms with Gasteiger partial charge in [0.25, 0.3) is 0 Å². The summed E-state index contributed by atoms with van der Waals surface area (Å²) < 4.78 is 4.17. The molecule has 1 saturated carbocycles. The number of alkyl halides is 2. The van der Waals surface area contributed by atoms with E-state index in [1.807, 2.05) is 6.92 Å². The van der Waals surface area contributed by atoms with Crippen LogP contribution in [-0.4, -0.2) is 22.8 Å². The molecule has 0 heterocycles. The molecule has 0 bridgehead atoms. The van der Waals surface area contributed by atoms with Crippen LogP contribution in [0.3, 0.4) is 0 Å². The average Bonchev–Trinajstić information content (AvgIpc) is 3.09. The van der Waals surface area contributed by atoms with E-state index in [4.69, 9.17) is 27.9 Å². The maximum absolute atomic E-state index is 11.8. The Bertz CT molecular complexity index is 528. The fourth-order valence-corrected chi connectivity index (χ4v) is 2.32. The number of hydrogen-bond acceptors (Lipinski definition) is 3. The number of halogens is 2. The fourth-order valence-electron chi connectivity index (χ4n) is 1.81. The van der Waals surface area contributed by atoms with Crippen molar-refractivity contribution in [3.63, 3.8) is 0 Å². The van der Waals surface area contributed by atoms with Crippen molar-refractivity contribution in [2.75, 3.05) is 11.9 Å². The molecule has 1 fully saturated rings. The number of rotatable bonds is 6. The molecule has 114 valence electrons. The molecule has 21 heavy (non-hydrogen) atoms. The summed E-state index contributed by atoms with van der Waals surface area (Å²) in [5.41, 5.74) is 1.06. The van der Waals surface area contributed by atoms with Crippen LogP contribution in [0.25, 0.3) is 0 Å². The summed E-state index contributed by atoms with van der Waals surface area (Å²) in [6, 6.07) is 6.54. The lowest BCUT2D eigenvalue weighted by atomic mass is 10.2. The summed E-state index contributed by atoms with van der Waals surface area (Å²) >= 11 is 11.7. The standard InChI is InChI=1S/C15H17Cl2NO3/c1-2-3-8-21-14(20)10-4-6-11(7-5-10)18-13(19)12-9-15(12,16)17/h4-7,12H,2-3,8-9H2,1H3,(H,18,19)/t12-/m0/s1. The van der Waals surface area contributed by atoms with E-state index in [0.717, 1.165) is 12.8 Å². The maximum Gasteiger partial charge on any atom is 0.338 e. The van der Waals surface area contributed by atoms with Gasteiger partial charge in [0.15, 0.2) is 0 Å². The van der Waals surface area contributed by atoms with Gasteiger partial charge in [-0.05, 0) is 37.1 Å². The van der Waals surface area contributed by atoms with Crippen molar-refractivity contribution in [3.05, 3.63) is 29.8 Å². The topological polar surface area (TPSA) is 55.4 Å². The number of carbonyl (C=O) groups excluding carboxylic acids is 2. The van der Waals surface area contributed by atoms with Crippen molar-refractivity contribution in [1.82, 2.24) is 0 Å². The molecular weight excluding hydrogens is 313 g/mol. The highest BCUT2D eigenvalue weighted by molar-refractivity contribution is 6.52. The maximum atomic E-state index is 11.8. The third-order valence-corrected chi connectivity index (χ3v) is 4.10. The van der Waals surface area contributed by atoms with Crippen LogP contribution in [0.1, 0.15) is 36.5 Å². The van der Waals surface area contributed by atoms with Crippen LogP contribution in [0.2, 0.25) is 0 Å². The zero-order valence-electron chi connectivity index (χ0n) is 11.7. The van der Waals surface area contributed by atoms with E-state index in [2.05, 4.69) is 5.32 Å². The molecule has 6 heteroatoms. The molecule has 0 saturated heterocycles. The molecule has 1 amide bonds. The van der Waals surface area contributed by atoms with E-state index in [0.29, 0.717) is 24.3 Å². The van der Waals surface area contributed by atoms with E-state index in [1.54, 1.807) is 24.3 Å². The third kappa shape index (κ3) is 4.35. The number of amides is 1. The predicted octanol–water partition coefficient (Wildman–Crippen LogP) is 3.78. The van der Waals surface area contributed by atoms with Crippen LogP contribution in [0.15, 0.2) is 24.3 Å². The van der Waals surface area contributed by atoms with Crippen molar-refractivity contribution in [3.8, 4) is 0 Å². The van der Waals surface area contributed by atoms with Crippen LogP contribution in [0, 0.1) is 5.92 Å². The zero-order chi connectivity index (χ0) is 15.5. The van der Waals surface area contributed by atoms with E-state index in [-0.39, 0.29) is 17.8 Å². The number of hydrogen-bond donors (Lipinski definition) is 1. The monoisotopic (exact) mass is 329 g/mol. The lowest BCUT2D eigenvalue weighted by Gasteiger charge is -2.07. The second kappa shape index (κ2) is 6.67. The molecule has 1 aromatic rings. The summed E-state index contributed by atoms with van der Waals surface area (Å²) in [6.45, 7) is 2.45. The summed E-state index contributed by atoms with van der Waals surface area (Å²) in [6.07, 6.45) is 2.28. The van der Waals surface area contributed by atoms with Crippen LogP contribution >= 0.6 is 23.2 Å². The minimum absolute atomic E-state index is 0.210. The summed E-state index contributed by atoms with van der Waals surface area (Å²) in [5, 5.41) is 2.72. The number of carbonyl (C=O) groups is 2. The molecule has 0 aromatic heterocycles. The largest absolute Gasteiger partial charge is 0.462 e. The first-order valence-electron chi connectivity index (χ1n) is 6.90. The first-order chi connectivity index (χ1) is 9.94. The molecule has 0 radical (unpaired) electrons. The predicted molar refractivity (Wildman–Crippen MR) is 82.8 cm³/mol. The van der Waals surface area contributed by atoms with Gasteiger partial charge < -0.3 is 10.1 Å². The molecule has 2 rings (SSSR count). The van der Waals surface area contributed by atoms with Gasteiger partial charge in [0.2, 0.25) is 5.91 Å². The Hall–Kier alpha value is -1.26. The molecule has 0 unspecified atom stereocenters. The van der Waals surface area contributed by atoms with Crippen molar-refractivity contribution < 1.29 is 14.3 Å². The van der Waals surface area contributed by atoms with Crippen molar-refractivity contribution in [1.29, 1.82) is 0 Å². The van der Waals surface area contributed by atoms with Gasteiger partial charge in [0, 0.05) is 5.69 Å². The van der Waals surface area contributed by atoms with Gasteiger partial charge in [-0.1, -0.05) is 13.3 Å². The number of nitrogens with one attached hydrogen (secondary N) is 1. The second-order valence-corrected chi connectivity index (χ2v) is 6.62. The number of ether oxygens (including phenoxy) is 1. The van der Waals surface area contributed by atoms with Crippen LogP contribution < -0.4 is 5.32 Å². The van der Waals surface area contributed by atoms with Gasteiger partial charge in [-0.3, -0.25) is 4.79 Å². The van der Waals surface area contributed by atoms with Crippen molar-refractivity contribution >= 4 is 40.8 Å². The minimum Gasteiger partial charge on any atom is -0.462 e. The Morgan fingerprint density at radius 3 is 2.48 bits per heavy atom. The summed E-state index contributed by atoms with van der Waals surface area (Å²) in [4.78, 5) is 23.5. The van der Waals surface area contributed by atoms with Crippen LogP contribution in [0.5, 0.6) is 0 Å². The Morgan fingerprint density at radius 1 is 1.33 bits per heavy atom. The lowest BCUT2D eigenvalue weighted by molar-refractivity contribution is -0.117. The van der Waals surface area contributed by atoms with Gasteiger partial charge in [0.1, 0.15) is 4.33 Å². The van der Waals surface area contributed by atoms with Crippen LogP contribution in [-0.2, 0) is 9.53 Å². The Kier molecular flexibility index (Phi) is 5.12. The van der Waals surface area contributed by atoms with E-state index in [1.165, 1.54) is 0 Å². The highest BCUT2D eigenvalue weighted by atomic mass is 35.5. The fraction of sp³-hybridized carbons (Fsp3) is 0.467. The summed E-state index contributed by atoms with van der Waals surface area (Å²) in [7, 11) is 0. The lowest BCUT2D eigenvalue weighted by Crippen LogP contribution is -2.16. The van der Waals surface area contributed by atoms with Crippen LogP contribution in [0.4, 0.5) is 5.69 Å².